The van der Waals surface area contributed by atoms with Gasteiger partial charge < -0.3 is 10.0 Å². The van der Waals surface area contributed by atoms with Crippen LogP contribution in [-0.2, 0) is 9.59 Å². The number of rotatable bonds is 6. The van der Waals surface area contributed by atoms with E-state index in [4.69, 9.17) is 0 Å². The summed E-state index contributed by atoms with van der Waals surface area (Å²) in [6.07, 6.45) is 0. The molecule has 0 radical (unpaired) electrons. The van der Waals surface area contributed by atoms with Crippen LogP contribution in [0.4, 0.5) is 20.2 Å². The van der Waals surface area contributed by atoms with E-state index >= 15 is 0 Å². The molecule has 1 amide bonds. The van der Waals surface area contributed by atoms with Crippen molar-refractivity contribution in [2.75, 3.05) is 22.9 Å². The van der Waals surface area contributed by atoms with Gasteiger partial charge in [0.15, 0.2) is 0 Å². The first-order valence-corrected chi connectivity index (χ1v) is 11.9. The summed E-state index contributed by atoms with van der Waals surface area (Å²) in [5.74, 6) is -4.05. The van der Waals surface area contributed by atoms with E-state index in [-0.39, 0.29) is 17.0 Å². The molecule has 1 saturated heterocycles. The predicted octanol–water partition coefficient (Wildman–Crippen LogP) is 6.05. The Hall–Kier alpha value is -4.00. The lowest BCUT2D eigenvalue weighted by molar-refractivity contribution is -0.132. The van der Waals surface area contributed by atoms with Gasteiger partial charge in [0.05, 0.1) is 17.3 Å². The van der Waals surface area contributed by atoms with E-state index < -0.39 is 29.4 Å². The molecule has 1 unspecified atom stereocenters. The van der Waals surface area contributed by atoms with Crippen molar-refractivity contribution in [1.82, 2.24) is 0 Å². The zero-order valence-electron chi connectivity index (χ0n) is 20.7. The Bertz CT molecular complexity index is 1360. The molecule has 4 rings (SSSR count). The minimum Gasteiger partial charge on any atom is -0.507 e. The molecule has 0 aromatic heterocycles. The first-order chi connectivity index (χ1) is 17.2. The van der Waals surface area contributed by atoms with Crippen LogP contribution >= 0.6 is 0 Å². The van der Waals surface area contributed by atoms with Gasteiger partial charge in [-0.25, -0.2) is 8.78 Å². The summed E-state index contributed by atoms with van der Waals surface area (Å²) in [6.45, 7) is 9.30. The van der Waals surface area contributed by atoms with E-state index in [0.29, 0.717) is 22.8 Å². The number of ketones is 1. The van der Waals surface area contributed by atoms with Crippen LogP contribution in [0.3, 0.4) is 0 Å². The third kappa shape index (κ3) is 4.37. The Labute approximate surface area is 209 Å². The number of aryl methyl sites for hydroxylation is 2. The number of Topliss-reactive ketones (excluding diaryl/α,β-unsaturated/α-hetero) is 1. The first kappa shape index (κ1) is 25.1. The van der Waals surface area contributed by atoms with Crippen molar-refractivity contribution in [3.05, 3.63) is 100 Å². The summed E-state index contributed by atoms with van der Waals surface area (Å²) in [5.41, 5.74) is 3.07. The van der Waals surface area contributed by atoms with Crippen LogP contribution in [0.5, 0.6) is 0 Å². The van der Waals surface area contributed by atoms with Gasteiger partial charge in [0.25, 0.3) is 11.7 Å². The number of hydrogen-bond donors (Lipinski definition) is 1. The molecule has 1 N–H and O–H groups in total. The Kier molecular flexibility index (Phi) is 6.93. The average molecular weight is 491 g/mol. The molecular weight excluding hydrogens is 462 g/mol. The van der Waals surface area contributed by atoms with Gasteiger partial charge in [-0.1, -0.05) is 29.8 Å². The van der Waals surface area contributed by atoms with Gasteiger partial charge in [-0.3, -0.25) is 14.5 Å². The van der Waals surface area contributed by atoms with E-state index in [9.17, 15) is 23.5 Å². The highest BCUT2D eigenvalue weighted by molar-refractivity contribution is 6.51. The van der Waals surface area contributed by atoms with Crippen LogP contribution in [0.15, 0.2) is 66.2 Å². The standard InChI is InChI=1S/C29H28F2N2O3/c1-5-32(6-2)21-12-9-19(10-13-21)26-25(27(34)22-15-17(3)7-8-18(22)4)28(35)29(36)33(26)24-14-11-20(30)16-23(24)31/h7-16,26,34H,5-6H2,1-4H3/b27-25+. The molecule has 0 spiro atoms. The molecule has 5 nitrogen and oxygen atoms in total. The van der Waals surface area contributed by atoms with Gasteiger partial charge in [0, 0.05) is 30.4 Å². The molecule has 186 valence electrons. The third-order valence-corrected chi connectivity index (χ3v) is 6.60. The molecule has 3 aromatic carbocycles. The molecule has 1 heterocycles. The van der Waals surface area contributed by atoms with Crippen LogP contribution in [0, 0.1) is 25.5 Å². The number of carbonyl (C=O) groups is 2. The summed E-state index contributed by atoms with van der Waals surface area (Å²) in [5, 5.41) is 11.4. The maximum atomic E-state index is 14.9. The number of aliphatic hydroxyl groups is 1. The van der Waals surface area contributed by atoms with Gasteiger partial charge in [-0.15, -0.1) is 0 Å². The second-order valence-electron chi connectivity index (χ2n) is 8.85. The Morgan fingerprint density at radius 2 is 1.61 bits per heavy atom. The fourth-order valence-electron chi connectivity index (χ4n) is 4.67. The fraction of sp³-hybridized carbons (Fsp3) is 0.241. The minimum absolute atomic E-state index is 0.145. The highest BCUT2D eigenvalue weighted by Gasteiger charge is 2.47. The summed E-state index contributed by atoms with van der Waals surface area (Å²) in [6, 6.07) is 14.4. The van der Waals surface area contributed by atoms with Crippen molar-refractivity contribution >= 4 is 28.8 Å². The highest BCUT2D eigenvalue weighted by atomic mass is 19.1. The number of halogens is 2. The molecule has 36 heavy (non-hydrogen) atoms. The van der Waals surface area contributed by atoms with Crippen LogP contribution < -0.4 is 9.80 Å². The molecule has 0 bridgehead atoms. The normalized spacial score (nSPS) is 17.1. The Morgan fingerprint density at radius 3 is 2.22 bits per heavy atom. The topological polar surface area (TPSA) is 60.9 Å². The van der Waals surface area contributed by atoms with E-state index in [1.54, 1.807) is 25.1 Å². The van der Waals surface area contributed by atoms with Crippen molar-refractivity contribution in [2.45, 2.75) is 33.7 Å². The zero-order chi connectivity index (χ0) is 26.1. The van der Waals surface area contributed by atoms with Gasteiger partial charge in [0.2, 0.25) is 0 Å². The van der Waals surface area contributed by atoms with Crippen molar-refractivity contribution in [3.63, 3.8) is 0 Å². The number of anilines is 2. The molecular formula is C29H28F2N2O3. The van der Waals surface area contributed by atoms with Crippen molar-refractivity contribution in [3.8, 4) is 0 Å². The lowest BCUT2D eigenvalue weighted by Gasteiger charge is -2.27. The van der Waals surface area contributed by atoms with Crippen molar-refractivity contribution < 1.29 is 23.5 Å². The zero-order valence-corrected chi connectivity index (χ0v) is 20.7. The van der Waals surface area contributed by atoms with Crippen molar-refractivity contribution in [1.29, 1.82) is 0 Å². The summed E-state index contributed by atoms with van der Waals surface area (Å²) < 4.78 is 28.6. The molecule has 7 heteroatoms. The van der Waals surface area contributed by atoms with Gasteiger partial charge in [0.1, 0.15) is 17.4 Å². The molecule has 3 aromatic rings. The maximum Gasteiger partial charge on any atom is 0.300 e. The lowest BCUT2D eigenvalue weighted by Crippen LogP contribution is -2.30. The second kappa shape index (κ2) is 9.93. The summed E-state index contributed by atoms with van der Waals surface area (Å²) in [4.78, 5) is 29.7. The number of benzene rings is 3. The lowest BCUT2D eigenvalue weighted by atomic mass is 9.93. The van der Waals surface area contributed by atoms with E-state index in [0.717, 1.165) is 41.4 Å². The monoisotopic (exact) mass is 490 g/mol. The van der Waals surface area contributed by atoms with Gasteiger partial charge >= 0.3 is 0 Å². The summed E-state index contributed by atoms with van der Waals surface area (Å²) >= 11 is 0. The van der Waals surface area contributed by atoms with E-state index in [1.807, 2.05) is 45.0 Å². The number of amides is 1. The van der Waals surface area contributed by atoms with Crippen LogP contribution in [-0.4, -0.2) is 29.9 Å². The molecule has 1 fully saturated rings. The summed E-state index contributed by atoms with van der Waals surface area (Å²) in [7, 11) is 0. The maximum absolute atomic E-state index is 14.9. The van der Waals surface area contributed by atoms with Crippen LogP contribution in [0.1, 0.15) is 42.1 Å². The van der Waals surface area contributed by atoms with Crippen LogP contribution in [0.2, 0.25) is 0 Å². The van der Waals surface area contributed by atoms with Crippen LogP contribution in [0.25, 0.3) is 5.76 Å². The minimum atomic E-state index is -1.10. The number of carbonyl (C=O) groups excluding carboxylic acids is 2. The number of hydrogen-bond acceptors (Lipinski definition) is 4. The number of aliphatic hydroxyl groups excluding tert-OH is 1. The molecule has 0 saturated carbocycles. The van der Waals surface area contributed by atoms with Gasteiger partial charge in [-0.2, -0.15) is 0 Å². The molecule has 1 aliphatic rings. The third-order valence-electron chi connectivity index (χ3n) is 6.60. The fourth-order valence-corrected chi connectivity index (χ4v) is 4.67. The molecule has 1 aliphatic heterocycles. The second-order valence-corrected chi connectivity index (χ2v) is 8.85. The first-order valence-electron chi connectivity index (χ1n) is 11.9. The van der Waals surface area contributed by atoms with E-state index in [1.165, 1.54) is 0 Å². The SMILES string of the molecule is CCN(CC)c1ccc(C2/C(=C(\O)c3cc(C)ccc3C)C(=O)C(=O)N2c2ccc(F)cc2F)cc1. The average Bonchev–Trinajstić information content (AvgIpc) is 3.12. The van der Waals surface area contributed by atoms with E-state index in [2.05, 4.69) is 4.90 Å². The Morgan fingerprint density at radius 1 is 0.944 bits per heavy atom. The predicted molar refractivity (Wildman–Crippen MR) is 137 cm³/mol. The Balaban J connectivity index is 1.95. The quantitative estimate of drug-likeness (QED) is 0.259. The molecule has 1 atom stereocenters. The smallest absolute Gasteiger partial charge is 0.300 e. The van der Waals surface area contributed by atoms with Crippen molar-refractivity contribution in [2.24, 2.45) is 0 Å². The van der Waals surface area contributed by atoms with Gasteiger partial charge in [-0.05, 0) is 69.2 Å². The molecule has 0 aliphatic carbocycles. The number of nitrogens with zero attached hydrogens (tertiary/aromatic N) is 2. The highest BCUT2D eigenvalue weighted by Crippen LogP contribution is 2.43. The largest absolute Gasteiger partial charge is 0.507 e.